The number of thiophene rings is 1. The molecule has 2 aliphatic rings. The molecule has 0 aliphatic carbocycles. The Balaban J connectivity index is 1.53. The number of likely N-dealkylation sites (tertiary alicyclic amines) is 1. The van der Waals surface area contributed by atoms with E-state index in [0.717, 1.165) is 18.4 Å². The average molecular weight is 465 g/mol. The summed E-state index contributed by atoms with van der Waals surface area (Å²) < 4.78 is 38.6. The Morgan fingerprint density at radius 2 is 1.90 bits per heavy atom. The number of methoxy groups -OCH3 is 2. The molecule has 0 spiro atoms. The number of ether oxygens (including phenoxy) is 2. The van der Waals surface area contributed by atoms with Gasteiger partial charge < -0.3 is 14.4 Å². The van der Waals surface area contributed by atoms with Gasteiger partial charge in [0.2, 0.25) is 5.91 Å². The maximum atomic E-state index is 13.5. The fourth-order valence-corrected chi connectivity index (χ4v) is 7.25. The van der Waals surface area contributed by atoms with Crippen LogP contribution in [0, 0.1) is 5.92 Å². The second-order valence-corrected chi connectivity index (χ2v) is 11.0. The minimum absolute atomic E-state index is 0.0338. The highest BCUT2D eigenvalue weighted by Crippen LogP contribution is 2.40. The van der Waals surface area contributed by atoms with Gasteiger partial charge in [0.1, 0.15) is 15.7 Å². The molecule has 1 aromatic carbocycles. The van der Waals surface area contributed by atoms with Gasteiger partial charge in [-0.15, -0.1) is 11.3 Å². The minimum atomic E-state index is -3.55. The van der Waals surface area contributed by atoms with Gasteiger partial charge in [-0.05, 0) is 49.3 Å². The summed E-state index contributed by atoms with van der Waals surface area (Å²) in [6.45, 7) is 1.37. The van der Waals surface area contributed by atoms with Gasteiger partial charge in [-0.25, -0.2) is 8.42 Å². The molecule has 2 saturated heterocycles. The van der Waals surface area contributed by atoms with E-state index in [1.165, 1.54) is 15.6 Å². The van der Waals surface area contributed by atoms with Gasteiger partial charge in [-0.1, -0.05) is 6.07 Å². The molecule has 2 aliphatic heterocycles. The zero-order chi connectivity index (χ0) is 22.0. The fraction of sp³-hybridized carbons (Fsp3) is 0.500. The number of amides is 1. The Kier molecular flexibility index (Phi) is 6.55. The molecule has 2 fully saturated rings. The van der Waals surface area contributed by atoms with Crippen molar-refractivity contribution in [3.8, 4) is 11.5 Å². The van der Waals surface area contributed by atoms with Crippen molar-refractivity contribution in [1.29, 1.82) is 0 Å². The van der Waals surface area contributed by atoms with Crippen LogP contribution in [-0.4, -0.2) is 57.4 Å². The summed E-state index contributed by atoms with van der Waals surface area (Å²) in [6.07, 6.45) is 3.16. The first-order chi connectivity index (χ1) is 15.0. The van der Waals surface area contributed by atoms with Crippen molar-refractivity contribution in [2.24, 2.45) is 5.92 Å². The van der Waals surface area contributed by atoms with E-state index in [4.69, 9.17) is 9.47 Å². The summed E-state index contributed by atoms with van der Waals surface area (Å²) >= 11 is 1.21. The maximum absolute atomic E-state index is 13.5. The summed E-state index contributed by atoms with van der Waals surface area (Å²) in [5.41, 5.74) is 0.966. The van der Waals surface area contributed by atoms with Crippen LogP contribution >= 0.6 is 11.3 Å². The van der Waals surface area contributed by atoms with E-state index >= 15 is 0 Å². The number of carbonyl (C=O) groups excluding carboxylic acids is 1. The Morgan fingerprint density at radius 1 is 1.10 bits per heavy atom. The molecule has 31 heavy (non-hydrogen) atoms. The molecule has 0 N–H and O–H groups in total. The monoisotopic (exact) mass is 464 g/mol. The van der Waals surface area contributed by atoms with Crippen LogP contribution in [0.3, 0.4) is 0 Å². The highest BCUT2D eigenvalue weighted by molar-refractivity contribution is 7.91. The van der Waals surface area contributed by atoms with E-state index < -0.39 is 10.0 Å². The van der Waals surface area contributed by atoms with Crippen LogP contribution < -0.4 is 9.47 Å². The standard InChI is InChI=1S/C22H28N2O5S2/c1-28-17-9-10-18(20(14-17)29-2)19-7-4-12-24(19)22(25)16-6-3-11-23(15-16)31(26,27)21-8-5-13-30-21/h5,8-10,13-14,16,19H,3-4,6-7,11-12,15H2,1-2H3/t16-,19-/m1/s1. The van der Waals surface area contributed by atoms with Gasteiger partial charge in [-0.2, -0.15) is 4.31 Å². The lowest BCUT2D eigenvalue weighted by molar-refractivity contribution is -0.137. The summed E-state index contributed by atoms with van der Waals surface area (Å²) in [5, 5.41) is 1.76. The molecule has 0 bridgehead atoms. The van der Waals surface area contributed by atoms with E-state index in [1.807, 2.05) is 23.1 Å². The molecule has 3 heterocycles. The van der Waals surface area contributed by atoms with Gasteiger partial charge >= 0.3 is 0 Å². The molecule has 0 saturated carbocycles. The Bertz CT molecular complexity index is 1020. The highest BCUT2D eigenvalue weighted by Gasteiger charge is 2.39. The van der Waals surface area contributed by atoms with Crippen LogP contribution in [0.2, 0.25) is 0 Å². The lowest BCUT2D eigenvalue weighted by atomic mass is 9.96. The van der Waals surface area contributed by atoms with Crippen LogP contribution in [0.1, 0.15) is 37.3 Å². The average Bonchev–Trinajstić information content (AvgIpc) is 3.51. The molecule has 9 heteroatoms. The second kappa shape index (κ2) is 9.18. The van der Waals surface area contributed by atoms with Gasteiger partial charge in [0, 0.05) is 31.3 Å². The number of carbonyl (C=O) groups is 1. The number of hydrogen-bond acceptors (Lipinski definition) is 6. The summed E-state index contributed by atoms with van der Waals surface area (Å²) in [7, 11) is -0.317. The van der Waals surface area contributed by atoms with Crippen molar-refractivity contribution >= 4 is 27.3 Å². The summed E-state index contributed by atoms with van der Waals surface area (Å²) in [5.74, 6) is 1.12. The maximum Gasteiger partial charge on any atom is 0.252 e. The lowest BCUT2D eigenvalue weighted by Crippen LogP contribution is -2.46. The fourth-order valence-electron chi connectivity index (χ4n) is 4.58. The Hall–Kier alpha value is -2.10. The predicted molar refractivity (Wildman–Crippen MR) is 119 cm³/mol. The predicted octanol–water partition coefficient (Wildman–Crippen LogP) is 3.53. The third-order valence-electron chi connectivity index (χ3n) is 6.16. The Morgan fingerprint density at radius 3 is 2.61 bits per heavy atom. The van der Waals surface area contributed by atoms with Crippen LogP contribution in [0.25, 0.3) is 0 Å². The highest BCUT2D eigenvalue weighted by atomic mass is 32.2. The number of sulfonamides is 1. The third kappa shape index (κ3) is 4.31. The van der Waals surface area contributed by atoms with Crippen molar-refractivity contribution < 1.29 is 22.7 Å². The molecule has 7 nitrogen and oxygen atoms in total. The molecule has 2 aromatic rings. The number of piperidine rings is 1. The Labute approximate surface area is 187 Å². The van der Waals surface area contributed by atoms with E-state index in [0.29, 0.717) is 41.6 Å². The lowest BCUT2D eigenvalue weighted by Gasteiger charge is -2.35. The van der Waals surface area contributed by atoms with Crippen molar-refractivity contribution in [3.63, 3.8) is 0 Å². The number of benzene rings is 1. The van der Waals surface area contributed by atoms with Crippen molar-refractivity contribution in [3.05, 3.63) is 41.3 Å². The zero-order valence-corrected chi connectivity index (χ0v) is 19.5. The molecule has 1 amide bonds. The smallest absolute Gasteiger partial charge is 0.252 e. The van der Waals surface area contributed by atoms with Crippen LogP contribution in [-0.2, 0) is 14.8 Å². The summed E-state index contributed by atoms with van der Waals surface area (Å²) in [4.78, 5) is 15.4. The molecule has 1 aromatic heterocycles. The molecular formula is C22H28N2O5S2. The van der Waals surface area contributed by atoms with Crippen molar-refractivity contribution in [1.82, 2.24) is 9.21 Å². The number of rotatable bonds is 6. The first-order valence-electron chi connectivity index (χ1n) is 10.5. The van der Waals surface area contributed by atoms with E-state index in [1.54, 1.807) is 31.7 Å². The van der Waals surface area contributed by atoms with Gasteiger partial charge in [0.15, 0.2) is 0 Å². The van der Waals surface area contributed by atoms with E-state index in [-0.39, 0.29) is 24.4 Å². The molecule has 2 atom stereocenters. The number of nitrogens with zero attached hydrogens (tertiary/aromatic N) is 2. The van der Waals surface area contributed by atoms with Gasteiger partial charge in [-0.3, -0.25) is 4.79 Å². The van der Waals surface area contributed by atoms with E-state index in [9.17, 15) is 13.2 Å². The molecule has 0 radical (unpaired) electrons. The third-order valence-corrected chi connectivity index (χ3v) is 9.40. The summed E-state index contributed by atoms with van der Waals surface area (Å²) in [6, 6.07) is 8.97. The quantitative estimate of drug-likeness (QED) is 0.654. The topological polar surface area (TPSA) is 76.2 Å². The number of hydrogen-bond donors (Lipinski definition) is 0. The SMILES string of the molecule is COc1ccc([C@H]2CCCN2C(=O)[C@@H]2CCCN(S(=O)(=O)c3cccs3)C2)c(OC)c1. The molecule has 0 unspecified atom stereocenters. The van der Waals surface area contributed by atoms with Gasteiger partial charge in [0.05, 0.1) is 26.2 Å². The zero-order valence-electron chi connectivity index (χ0n) is 17.8. The molecule has 4 rings (SSSR count). The van der Waals surface area contributed by atoms with Crippen LogP contribution in [0.5, 0.6) is 11.5 Å². The normalized spacial score (nSPS) is 22.5. The first-order valence-corrected chi connectivity index (χ1v) is 12.8. The van der Waals surface area contributed by atoms with Crippen LogP contribution in [0.15, 0.2) is 39.9 Å². The van der Waals surface area contributed by atoms with Crippen LogP contribution in [0.4, 0.5) is 0 Å². The van der Waals surface area contributed by atoms with Crippen molar-refractivity contribution in [2.45, 2.75) is 35.9 Å². The van der Waals surface area contributed by atoms with Gasteiger partial charge in [0.25, 0.3) is 10.0 Å². The minimum Gasteiger partial charge on any atom is -0.497 e. The largest absolute Gasteiger partial charge is 0.497 e. The second-order valence-electron chi connectivity index (χ2n) is 7.93. The molecular weight excluding hydrogens is 436 g/mol. The van der Waals surface area contributed by atoms with Crippen molar-refractivity contribution in [2.75, 3.05) is 33.9 Å². The first kappa shape index (κ1) is 22.1. The van der Waals surface area contributed by atoms with E-state index in [2.05, 4.69) is 0 Å². The molecule has 168 valence electrons.